The zero-order chi connectivity index (χ0) is 15.4. The van der Waals surface area contributed by atoms with Gasteiger partial charge in [-0.2, -0.15) is 0 Å². The Bertz CT molecular complexity index is 579. The molecule has 5 heteroatoms. The van der Waals surface area contributed by atoms with Crippen molar-refractivity contribution in [2.75, 3.05) is 6.54 Å². The van der Waals surface area contributed by atoms with Gasteiger partial charge in [0.2, 0.25) is 0 Å². The first-order valence-electron chi connectivity index (χ1n) is 6.66. The first kappa shape index (κ1) is 17.5. The molecule has 0 saturated carbocycles. The minimum Gasteiger partial charge on any atom is -0.306 e. The third-order valence-corrected chi connectivity index (χ3v) is 5.19. The Morgan fingerprint density at radius 1 is 1.00 bits per heavy atom. The lowest BCUT2D eigenvalue weighted by atomic mass is 9.98. The van der Waals surface area contributed by atoms with Crippen LogP contribution in [0.1, 0.15) is 30.5 Å². The van der Waals surface area contributed by atoms with Gasteiger partial charge in [-0.25, -0.2) is 0 Å². The van der Waals surface area contributed by atoms with Crippen molar-refractivity contribution in [2.24, 2.45) is 0 Å². The van der Waals surface area contributed by atoms with Crippen molar-refractivity contribution in [1.29, 1.82) is 0 Å². The first-order valence-corrected chi connectivity index (χ1v) is 9.42. The van der Waals surface area contributed by atoms with Crippen LogP contribution in [-0.2, 0) is 0 Å². The Hall–Kier alpha value is 0.130. The molecule has 1 unspecified atom stereocenters. The minimum absolute atomic E-state index is 0.0434. The quantitative estimate of drug-likeness (QED) is 0.485. The molecule has 21 heavy (non-hydrogen) atoms. The predicted octanol–water partition coefficient (Wildman–Crippen LogP) is 6.72. The number of hydrogen-bond acceptors (Lipinski definition) is 1. The van der Waals surface area contributed by atoms with Crippen molar-refractivity contribution in [2.45, 2.75) is 19.4 Å². The maximum Gasteiger partial charge on any atom is 0.0603 e. The van der Waals surface area contributed by atoms with Crippen molar-refractivity contribution in [3.05, 3.63) is 66.0 Å². The Morgan fingerprint density at radius 2 is 1.62 bits per heavy atom. The fourth-order valence-corrected chi connectivity index (χ4v) is 3.61. The molecule has 0 aliphatic rings. The van der Waals surface area contributed by atoms with Crippen LogP contribution >= 0.6 is 59.4 Å². The highest BCUT2D eigenvalue weighted by Crippen LogP contribution is 2.35. The first-order chi connectivity index (χ1) is 10.0. The third kappa shape index (κ3) is 4.55. The molecule has 2 rings (SSSR count). The summed E-state index contributed by atoms with van der Waals surface area (Å²) in [6, 6.07) is 12.2. The zero-order valence-electron chi connectivity index (χ0n) is 11.5. The van der Waals surface area contributed by atoms with E-state index in [2.05, 4.69) is 72.2 Å². The highest BCUT2D eigenvalue weighted by Gasteiger charge is 2.19. The molecular formula is C16H15Br3ClN. The minimum atomic E-state index is 0.0434. The second kappa shape index (κ2) is 8.11. The van der Waals surface area contributed by atoms with Gasteiger partial charge in [0.1, 0.15) is 0 Å². The molecule has 0 amide bonds. The van der Waals surface area contributed by atoms with E-state index in [1.54, 1.807) is 0 Å². The summed E-state index contributed by atoms with van der Waals surface area (Å²) in [6.45, 7) is 3.08. The lowest BCUT2D eigenvalue weighted by Crippen LogP contribution is -2.24. The van der Waals surface area contributed by atoms with Crippen LogP contribution in [0.3, 0.4) is 0 Å². The van der Waals surface area contributed by atoms with Gasteiger partial charge in [-0.05, 0) is 60.5 Å². The van der Waals surface area contributed by atoms with E-state index in [4.69, 9.17) is 11.6 Å². The molecule has 1 N–H and O–H groups in total. The van der Waals surface area contributed by atoms with Crippen LogP contribution in [0, 0.1) is 0 Å². The molecular weight excluding hydrogens is 481 g/mol. The summed E-state index contributed by atoms with van der Waals surface area (Å²) >= 11 is 17.2. The second-order valence-corrected chi connectivity index (χ2v) is 7.81. The van der Waals surface area contributed by atoms with E-state index in [9.17, 15) is 0 Å². The lowest BCUT2D eigenvalue weighted by Gasteiger charge is -2.22. The third-order valence-electron chi connectivity index (χ3n) is 3.14. The Balaban J connectivity index is 2.52. The second-order valence-electron chi connectivity index (χ2n) is 4.72. The van der Waals surface area contributed by atoms with E-state index in [0.717, 1.165) is 42.5 Å². The summed E-state index contributed by atoms with van der Waals surface area (Å²) in [5.74, 6) is 0. The predicted molar refractivity (Wildman–Crippen MR) is 101 cm³/mol. The molecule has 0 radical (unpaired) electrons. The van der Waals surface area contributed by atoms with Gasteiger partial charge in [0.05, 0.1) is 6.04 Å². The number of benzene rings is 2. The van der Waals surface area contributed by atoms with Gasteiger partial charge in [0, 0.05) is 18.4 Å². The fraction of sp³-hybridized carbons (Fsp3) is 0.250. The highest BCUT2D eigenvalue weighted by atomic mass is 79.9. The molecule has 0 bridgehead atoms. The number of rotatable bonds is 5. The van der Waals surface area contributed by atoms with Crippen LogP contribution in [0.5, 0.6) is 0 Å². The molecule has 2 aromatic rings. The summed E-state index contributed by atoms with van der Waals surface area (Å²) < 4.78 is 3.14. The monoisotopic (exact) mass is 493 g/mol. The van der Waals surface area contributed by atoms with Crippen molar-refractivity contribution in [1.82, 2.24) is 5.32 Å². The smallest absolute Gasteiger partial charge is 0.0603 e. The van der Waals surface area contributed by atoms with Crippen LogP contribution in [0.25, 0.3) is 0 Å². The normalized spacial score (nSPS) is 12.4. The molecule has 0 spiro atoms. The van der Waals surface area contributed by atoms with E-state index < -0.39 is 0 Å². The summed E-state index contributed by atoms with van der Waals surface area (Å²) in [4.78, 5) is 0. The fourth-order valence-electron chi connectivity index (χ4n) is 2.15. The average Bonchev–Trinajstić information content (AvgIpc) is 2.46. The molecule has 0 aliphatic heterocycles. The van der Waals surface area contributed by atoms with Crippen molar-refractivity contribution >= 4 is 59.4 Å². The van der Waals surface area contributed by atoms with Crippen LogP contribution < -0.4 is 5.32 Å². The number of halogens is 4. The number of nitrogens with one attached hydrogen (secondary N) is 1. The van der Waals surface area contributed by atoms with Gasteiger partial charge in [-0.15, -0.1) is 0 Å². The summed E-state index contributed by atoms with van der Waals surface area (Å²) in [5.41, 5.74) is 2.23. The van der Waals surface area contributed by atoms with Crippen molar-refractivity contribution < 1.29 is 0 Å². The van der Waals surface area contributed by atoms with Gasteiger partial charge in [-0.3, -0.25) is 0 Å². The van der Waals surface area contributed by atoms with Gasteiger partial charge in [0.25, 0.3) is 0 Å². The molecule has 0 fully saturated rings. The van der Waals surface area contributed by atoms with Crippen LogP contribution in [-0.4, -0.2) is 6.54 Å². The Morgan fingerprint density at radius 3 is 2.29 bits per heavy atom. The topological polar surface area (TPSA) is 12.0 Å². The lowest BCUT2D eigenvalue weighted by molar-refractivity contribution is 0.596. The van der Waals surface area contributed by atoms with Crippen molar-refractivity contribution in [3.8, 4) is 0 Å². The molecule has 1 nitrogen and oxygen atoms in total. The average molecular weight is 496 g/mol. The Kier molecular flexibility index (Phi) is 6.76. The van der Waals surface area contributed by atoms with Crippen molar-refractivity contribution in [3.63, 3.8) is 0 Å². The van der Waals surface area contributed by atoms with E-state index in [-0.39, 0.29) is 6.04 Å². The largest absolute Gasteiger partial charge is 0.306 e. The Labute approximate surface area is 155 Å². The summed E-state index contributed by atoms with van der Waals surface area (Å²) in [6.07, 6.45) is 1.06. The molecule has 1 atom stereocenters. The van der Waals surface area contributed by atoms with E-state index in [1.165, 1.54) is 0 Å². The van der Waals surface area contributed by atoms with E-state index in [0.29, 0.717) is 0 Å². The van der Waals surface area contributed by atoms with Crippen LogP contribution in [0.4, 0.5) is 0 Å². The SMILES string of the molecule is CCCNC(c1cc(Br)ccc1Cl)c1cc(Br)ccc1Br. The van der Waals surface area contributed by atoms with Crippen LogP contribution in [0.15, 0.2) is 49.8 Å². The molecule has 0 saturated heterocycles. The van der Waals surface area contributed by atoms with Gasteiger partial charge in [0.15, 0.2) is 0 Å². The maximum atomic E-state index is 6.42. The molecule has 2 aromatic carbocycles. The van der Waals surface area contributed by atoms with Crippen LogP contribution in [0.2, 0.25) is 5.02 Å². The van der Waals surface area contributed by atoms with E-state index in [1.807, 2.05) is 24.3 Å². The summed E-state index contributed by atoms with van der Waals surface area (Å²) in [5, 5.41) is 4.34. The van der Waals surface area contributed by atoms with Gasteiger partial charge >= 0.3 is 0 Å². The molecule has 112 valence electrons. The van der Waals surface area contributed by atoms with Gasteiger partial charge < -0.3 is 5.32 Å². The van der Waals surface area contributed by atoms with Gasteiger partial charge in [-0.1, -0.05) is 66.3 Å². The van der Waals surface area contributed by atoms with E-state index >= 15 is 0 Å². The maximum absolute atomic E-state index is 6.42. The molecule has 0 aromatic heterocycles. The molecule has 0 aliphatic carbocycles. The summed E-state index contributed by atoms with van der Waals surface area (Å²) in [7, 11) is 0. The molecule has 0 heterocycles. The highest BCUT2D eigenvalue weighted by molar-refractivity contribution is 9.11. The standard InChI is InChI=1S/C16H15Br3ClN/c1-2-7-21-16(12-8-10(17)3-5-14(12)19)13-9-11(18)4-6-15(13)20/h3-6,8-9,16,21H,2,7H2,1H3. The zero-order valence-corrected chi connectivity index (χ0v) is 17.0. The number of hydrogen-bond donors (Lipinski definition) is 1.